The van der Waals surface area contributed by atoms with Crippen LogP contribution in [-0.2, 0) is 9.53 Å². The summed E-state index contributed by atoms with van der Waals surface area (Å²) in [5.74, 6) is 2.47. The van der Waals surface area contributed by atoms with Crippen LogP contribution in [0.3, 0.4) is 0 Å². The second-order valence-corrected chi connectivity index (χ2v) is 9.51. The number of nitrogens with one attached hydrogen (secondary N) is 2. The van der Waals surface area contributed by atoms with Gasteiger partial charge in [0.15, 0.2) is 0 Å². The van der Waals surface area contributed by atoms with E-state index in [-0.39, 0.29) is 16.3 Å². The van der Waals surface area contributed by atoms with Crippen molar-refractivity contribution in [2.75, 3.05) is 19.0 Å². The van der Waals surface area contributed by atoms with Crippen molar-refractivity contribution >= 4 is 17.7 Å². The van der Waals surface area contributed by atoms with Crippen molar-refractivity contribution in [2.24, 2.45) is 23.7 Å². The molecule has 26 heavy (non-hydrogen) atoms. The zero-order valence-corrected chi connectivity index (χ0v) is 15.9. The van der Waals surface area contributed by atoms with Crippen LogP contribution < -0.4 is 10.6 Å². The van der Waals surface area contributed by atoms with Gasteiger partial charge in [0.1, 0.15) is 11.4 Å². The van der Waals surface area contributed by atoms with Crippen LogP contribution in [0.1, 0.15) is 44.9 Å². The third-order valence-electron chi connectivity index (χ3n) is 6.83. The number of carbonyl (C=O) groups excluding carboxylic acids is 1. The van der Waals surface area contributed by atoms with Crippen LogP contribution in [0, 0.1) is 33.8 Å². The summed E-state index contributed by atoms with van der Waals surface area (Å²) in [7, 11) is 0. The molecule has 8 heteroatoms. The molecule has 1 amide bonds. The van der Waals surface area contributed by atoms with E-state index in [9.17, 15) is 14.9 Å². The van der Waals surface area contributed by atoms with Gasteiger partial charge >= 0.3 is 0 Å². The normalized spacial score (nSPS) is 43.0. The second-order valence-electron chi connectivity index (χ2n) is 8.37. The van der Waals surface area contributed by atoms with E-state index in [1.807, 2.05) is 0 Å². The molecule has 0 bridgehead atoms. The summed E-state index contributed by atoms with van der Waals surface area (Å²) < 4.78 is 5.64. The number of thioether (sulfide) groups is 1. The Morgan fingerprint density at radius 3 is 2.73 bits per heavy atom. The van der Waals surface area contributed by atoms with Gasteiger partial charge in [0, 0.05) is 36.4 Å². The molecule has 0 spiro atoms. The lowest BCUT2D eigenvalue weighted by molar-refractivity contribution is -0.532. The highest BCUT2D eigenvalue weighted by molar-refractivity contribution is 8.00. The fraction of sp³-hybridized carbons (Fsp3) is 0.944. The molecule has 2 aliphatic carbocycles. The van der Waals surface area contributed by atoms with Gasteiger partial charge in [-0.1, -0.05) is 6.42 Å². The molecule has 2 saturated heterocycles. The second kappa shape index (κ2) is 8.02. The van der Waals surface area contributed by atoms with E-state index in [1.54, 1.807) is 11.8 Å². The number of nitrogens with zero attached hydrogens (tertiary/aromatic N) is 1. The molecule has 146 valence electrons. The Balaban J connectivity index is 1.28. The average molecular weight is 384 g/mol. The maximum Gasteiger partial charge on any atom is 0.231 e. The van der Waals surface area contributed by atoms with Crippen molar-refractivity contribution in [3.8, 4) is 0 Å². The Hall–Kier alpha value is -0.860. The molecular formula is C18H29N3O4S. The highest BCUT2D eigenvalue weighted by Crippen LogP contribution is 2.41. The number of hydrogen-bond acceptors (Lipinski definition) is 6. The lowest BCUT2D eigenvalue weighted by atomic mass is 9.73. The van der Waals surface area contributed by atoms with Crippen LogP contribution in [0.4, 0.5) is 0 Å². The summed E-state index contributed by atoms with van der Waals surface area (Å²) in [4.78, 5) is 23.6. The molecule has 2 aliphatic heterocycles. The summed E-state index contributed by atoms with van der Waals surface area (Å²) in [6.07, 6.45) is 6.60. The monoisotopic (exact) mass is 383 g/mol. The number of amides is 1. The van der Waals surface area contributed by atoms with Gasteiger partial charge in [0.05, 0.1) is 0 Å². The summed E-state index contributed by atoms with van der Waals surface area (Å²) in [6.45, 7) is 1.84. The SMILES string of the molecule is O=C(NC1NC(C2CCC3COCC3C2)CS1)C1CCCCC1[N+](=O)[O-]. The first-order chi connectivity index (χ1) is 12.6. The van der Waals surface area contributed by atoms with Gasteiger partial charge < -0.3 is 10.1 Å². The van der Waals surface area contributed by atoms with Gasteiger partial charge in [0.25, 0.3) is 0 Å². The van der Waals surface area contributed by atoms with Crippen LogP contribution in [0.2, 0.25) is 0 Å². The van der Waals surface area contributed by atoms with Gasteiger partial charge in [-0.25, -0.2) is 0 Å². The van der Waals surface area contributed by atoms with Crippen LogP contribution in [-0.4, -0.2) is 47.4 Å². The van der Waals surface area contributed by atoms with Crippen LogP contribution in [0.5, 0.6) is 0 Å². The molecule has 4 fully saturated rings. The molecule has 0 aromatic heterocycles. The van der Waals surface area contributed by atoms with E-state index in [2.05, 4.69) is 10.6 Å². The third kappa shape index (κ3) is 3.87. The number of carbonyl (C=O) groups is 1. The standard InChI is InChI=1S/C18H29N3O4S/c22-17(14-3-1-2-4-16(14)21(23)24)20-18-19-15(10-26-18)11-5-6-12-8-25-9-13(12)7-11/h11-16,18-19H,1-10H2,(H,20,22). The van der Waals surface area contributed by atoms with Crippen molar-refractivity contribution in [2.45, 2.75) is 62.5 Å². The maximum atomic E-state index is 12.6. The summed E-state index contributed by atoms with van der Waals surface area (Å²) in [6, 6.07) is -0.298. The number of fused-ring (bicyclic) bond motifs is 1. The van der Waals surface area contributed by atoms with E-state index >= 15 is 0 Å². The molecule has 0 aromatic carbocycles. The number of hydrogen-bond donors (Lipinski definition) is 2. The topological polar surface area (TPSA) is 93.5 Å². The maximum absolute atomic E-state index is 12.6. The smallest absolute Gasteiger partial charge is 0.231 e. The zero-order chi connectivity index (χ0) is 18.1. The Morgan fingerprint density at radius 2 is 1.88 bits per heavy atom. The Morgan fingerprint density at radius 1 is 1.12 bits per heavy atom. The van der Waals surface area contributed by atoms with E-state index in [1.165, 1.54) is 19.3 Å². The molecule has 0 aromatic rings. The van der Waals surface area contributed by atoms with E-state index < -0.39 is 12.0 Å². The van der Waals surface area contributed by atoms with Crippen molar-refractivity contribution in [1.29, 1.82) is 0 Å². The molecule has 4 rings (SSSR count). The lowest BCUT2D eigenvalue weighted by Crippen LogP contribution is -2.50. The van der Waals surface area contributed by atoms with Gasteiger partial charge in [-0.3, -0.25) is 20.2 Å². The van der Waals surface area contributed by atoms with Crippen molar-refractivity contribution < 1.29 is 14.5 Å². The highest BCUT2D eigenvalue weighted by Gasteiger charge is 2.42. The Bertz CT molecular complexity index is 549. The third-order valence-corrected chi connectivity index (χ3v) is 7.97. The largest absolute Gasteiger partial charge is 0.381 e. The first-order valence-corrected chi connectivity index (χ1v) is 11.1. The molecule has 2 saturated carbocycles. The molecule has 2 heterocycles. The number of nitro groups is 1. The molecule has 7 nitrogen and oxygen atoms in total. The number of ether oxygens (including phenoxy) is 1. The predicted molar refractivity (Wildman–Crippen MR) is 99.2 cm³/mol. The van der Waals surface area contributed by atoms with Crippen LogP contribution in [0.15, 0.2) is 0 Å². The van der Waals surface area contributed by atoms with Crippen molar-refractivity contribution in [3.05, 3.63) is 10.1 Å². The molecule has 7 unspecified atom stereocenters. The minimum absolute atomic E-state index is 0.112. The number of rotatable bonds is 4. The van der Waals surface area contributed by atoms with Crippen LogP contribution >= 0.6 is 11.8 Å². The van der Waals surface area contributed by atoms with Crippen molar-refractivity contribution in [1.82, 2.24) is 10.6 Å². The van der Waals surface area contributed by atoms with Gasteiger partial charge in [-0.2, -0.15) is 0 Å². The first-order valence-electron chi connectivity index (χ1n) is 10.0. The minimum Gasteiger partial charge on any atom is -0.381 e. The van der Waals surface area contributed by atoms with Gasteiger partial charge in [-0.15, -0.1) is 11.8 Å². The fourth-order valence-corrected chi connectivity index (χ4v) is 6.51. The Labute approximate surface area is 158 Å². The average Bonchev–Trinajstić information content (AvgIpc) is 3.30. The van der Waals surface area contributed by atoms with Crippen molar-refractivity contribution in [3.63, 3.8) is 0 Å². The van der Waals surface area contributed by atoms with Gasteiger partial charge in [-0.05, 0) is 49.9 Å². The zero-order valence-electron chi connectivity index (χ0n) is 15.1. The first kappa shape index (κ1) is 18.5. The molecular weight excluding hydrogens is 354 g/mol. The minimum atomic E-state index is -0.719. The Kier molecular flexibility index (Phi) is 5.71. The summed E-state index contributed by atoms with van der Waals surface area (Å²) in [5, 5.41) is 17.9. The molecule has 7 atom stereocenters. The molecule has 2 N–H and O–H groups in total. The summed E-state index contributed by atoms with van der Waals surface area (Å²) in [5.41, 5.74) is -0.112. The lowest BCUT2D eigenvalue weighted by Gasteiger charge is -2.34. The summed E-state index contributed by atoms with van der Waals surface area (Å²) >= 11 is 1.73. The quantitative estimate of drug-likeness (QED) is 0.570. The molecule has 0 radical (unpaired) electrons. The van der Waals surface area contributed by atoms with E-state index in [0.29, 0.717) is 30.7 Å². The van der Waals surface area contributed by atoms with Gasteiger partial charge in [0.2, 0.25) is 11.9 Å². The fourth-order valence-electron chi connectivity index (χ4n) is 5.27. The molecule has 4 aliphatic rings. The van der Waals surface area contributed by atoms with E-state index in [0.717, 1.165) is 37.7 Å². The highest BCUT2D eigenvalue weighted by atomic mass is 32.2. The van der Waals surface area contributed by atoms with Crippen LogP contribution in [0.25, 0.3) is 0 Å². The predicted octanol–water partition coefficient (Wildman–Crippen LogP) is 1.99. The van der Waals surface area contributed by atoms with E-state index in [4.69, 9.17) is 4.74 Å².